The fourth-order valence-corrected chi connectivity index (χ4v) is 2.37. The zero-order chi connectivity index (χ0) is 14.7. The van der Waals surface area contributed by atoms with Gasteiger partial charge in [-0.3, -0.25) is 0 Å². The van der Waals surface area contributed by atoms with Crippen LogP contribution in [0.25, 0.3) is 0 Å². The molecule has 1 aromatic carbocycles. The zero-order valence-corrected chi connectivity index (χ0v) is 10.9. The zero-order valence-electron chi connectivity index (χ0n) is 10.9. The first-order valence-electron chi connectivity index (χ1n) is 6.41. The summed E-state index contributed by atoms with van der Waals surface area (Å²) < 4.78 is 42.0. The summed E-state index contributed by atoms with van der Waals surface area (Å²) in [7, 11) is 0. The molecule has 1 aliphatic heterocycles. The molecular formula is C13H17F3N2O2. The SMILES string of the molecule is Nc1cc(F)c(OC(F)F)cc1N1CCC(CO)CC1. The molecule has 0 atom stereocenters. The van der Waals surface area contributed by atoms with E-state index in [1.807, 2.05) is 4.90 Å². The van der Waals surface area contributed by atoms with Crippen molar-refractivity contribution in [3.63, 3.8) is 0 Å². The number of benzene rings is 1. The number of nitrogens with two attached hydrogens (primary N) is 1. The van der Waals surface area contributed by atoms with Crippen molar-refractivity contribution in [3.05, 3.63) is 17.9 Å². The van der Waals surface area contributed by atoms with Crippen molar-refractivity contribution in [3.8, 4) is 5.75 Å². The van der Waals surface area contributed by atoms with Gasteiger partial charge >= 0.3 is 6.61 Å². The molecule has 1 fully saturated rings. The normalized spacial score (nSPS) is 16.8. The number of alkyl halides is 2. The topological polar surface area (TPSA) is 58.7 Å². The van der Waals surface area contributed by atoms with Crippen LogP contribution >= 0.6 is 0 Å². The van der Waals surface area contributed by atoms with E-state index in [9.17, 15) is 13.2 Å². The second kappa shape index (κ2) is 6.21. The molecule has 0 aromatic heterocycles. The lowest BCUT2D eigenvalue weighted by Crippen LogP contribution is -2.35. The number of nitrogens with zero attached hydrogens (tertiary/aromatic N) is 1. The molecule has 7 heteroatoms. The molecule has 1 aliphatic rings. The van der Waals surface area contributed by atoms with Gasteiger partial charge in [0.2, 0.25) is 0 Å². The number of hydrogen-bond acceptors (Lipinski definition) is 4. The highest BCUT2D eigenvalue weighted by Gasteiger charge is 2.22. The van der Waals surface area contributed by atoms with Gasteiger partial charge in [0.15, 0.2) is 11.6 Å². The minimum atomic E-state index is -3.08. The quantitative estimate of drug-likeness (QED) is 0.835. The van der Waals surface area contributed by atoms with Crippen LogP contribution in [0.5, 0.6) is 5.75 Å². The van der Waals surface area contributed by atoms with E-state index in [0.717, 1.165) is 18.9 Å². The Labute approximate surface area is 114 Å². The maximum absolute atomic E-state index is 13.5. The Bertz CT molecular complexity index is 463. The Morgan fingerprint density at radius 3 is 2.55 bits per heavy atom. The van der Waals surface area contributed by atoms with Gasteiger partial charge < -0.3 is 20.5 Å². The Kier molecular flexibility index (Phi) is 4.59. The molecule has 4 nitrogen and oxygen atoms in total. The predicted molar refractivity (Wildman–Crippen MR) is 69.5 cm³/mol. The fourth-order valence-electron chi connectivity index (χ4n) is 2.37. The summed E-state index contributed by atoms with van der Waals surface area (Å²) >= 11 is 0. The lowest BCUT2D eigenvalue weighted by molar-refractivity contribution is -0.0521. The number of rotatable bonds is 4. The number of aliphatic hydroxyl groups excluding tert-OH is 1. The Morgan fingerprint density at radius 2 is 2.00 bits per heavy atom. The molecule has 0 spiro atoms. The summed E-state index contributed by atoms with van der Waals surface area (Å²) in [6.07, 6.45) is 1.55. The molecule has 112 valence electrons. The number of aliphatic hydroxyl groups is 1. The van der Waals surface area contributed by atoms with Gasteiger partial charge in [-0.05, 0) is 18.8 Å². The maximum Gasteiger partial charge on any atom is 0.387 e. The van der Waals surface area contributed by atoms with Gasteiger partial charge in [-0.25, -0.2) is 4.39 Å². The molecule has 0 radical (unpaired) electrons. The van der Waals surface area contributed by atoms with Crippen LogP contribution in [-0.2, 0) is 0 Å². The van der Waals surface area contributed by atoms with Crippen LogP contribution in [0, 0.1) is 11.7 Å². The third kappa shape index (κ3) is 3.27. The van der Waals surface area contributed by atoms with Crippen molar-refractivity contribution in [2.45, 2.75) is 19.5 Å². The van der Waals surface area contributed by atoms with Crippen LogP contribution in [-0.4, -0.2) is 31.4 Å². The Morgan fingerprint density at radius 1 is 1.35 bits per heavy atom. The predicted octanol–water partition coefficient (Wildman–Crippen LogP) is 2.22. The van der Waals surface area contributed by atoms with Gasteiger partial charge in [-0.15, -0.1) is 0 Å². The van der Waals surface area contributed by atoms with E-state index in [1.54, 1.807) is 0 Å². The van der Waals surface area contributed by atoms with Crippen LogP contribution in [0.15, 0.2) is 12.1 Å². The lowest BCUT2D eigenvalue weighted by atomic mass is 9.97. The fraction of sp³-hybridized carbons (Fsp3) is 0.538. The summed E-state index contributed by atoms with van der Waals surface area (Å²) in [6, 6.07) is 2.20. The van der Waals surface area contributed by atoms with Crippen molar-refractivity contribution >= 4 is 11.4 Å². The third-order valence-corrected chi connectivity index (χ3v) is 3.51. The van der Waals surface area contributed by atoms with Gasteiger partial charge in [0.1, 0.15) is 0 Å². The molecule has 0 unspecified atom stereocenters. The molecule has 2 rings (SSSR count). The summed E-state index contributed by atoms with van der Waals surface area (Å²) in [5, 5.41) is 9.09. The van der Waals surface area contributed by atoms with E-state index in [0.29, 0.717) is 18.8 Å². The number of anilines is 2. The van der Waals surface area contributed by atoms with E-state index in [1.165, 1.54) is 6.07 Å². The van der Waals surface area contributed by atoms with E-state index in [-0.39, 0.29) is 18.2 Å². The van der Waals surface area contributed by atoms with Gasteiger partial charge in [0, 0.05) is 31.8 Å². The van der Waals surface area contributed by atoms with Gasteiger partial charge in [0.25, 0.3) is 0 Å². The number of hydrogen-bond donors (Lipinski definition) is 2. The summed E-state index contributed by atoms with van der Waals surface area (Å²) in [6.45, 7) is -1.68. The summed E-state index contributed by atoms with van der Waals surface area (Å²) in [5.74, 6) is -1.17. The first-order chi connectivity index (χ1) is 9.51. The second-order valence-electron chi connectivity index (χ2n) is 4.83. The van der Waals surface area contributed by atoms with Crippen LogP contribution < -0.4 is 15.4 Å². The smallest absolute Gasteiger partial charge is 0.387 e. The first kappa shape index (κ1) is 14.8. The van der Waals surface area contributed by atoms with Gasteiger partial charge in [0.05, 0.1) is 11.4 Å². The average Bonchev–Trinajstić information content (AvgIpc) is 2.41. The van der Waals surface area contributed by atoms with Gasteiger partial charge in [-0.2, -0.15) is 8.78 Å². The summed E-state index contributed by atoms with van der Waals surface area (Å²) in [5.41, 5.74) is 6.42. The monoisotopic (exact) mass is 290 g/mol. The van der Waals surface area contributed by atoms with Gasteiger partial charge in [-0.1, -0.05) is 0 Å². The maximum atomic E-state index is 13.5. The molecule has 3 N–H and O–H groups in total. The lowest BCUT2D eigenvalue weighted by Gasteiger charge is -2.33. The highest BCUT2D eigenvalue weighted by Crippen LogP contribution is 2.34. The molecule has 1 heterocycles. The molecule has 0 amide bonds. The third-order valence-electron chi connectivity index (χ3n) is 3.51. The van der Waals surface area contributed by atoms with Crippen molar-refractivity contribution in [2.24, 2.45) is 5.92 Å². The number of piperidine rings is 1. The van der Waals surface area contributed by atoms with Crippen molar-refractivity contribution < 1.29 is 23.0 Å². The summed E-state index contributed by atoms with van der Waals surface area (Å²) in [4.78, 5) is 1.89. The molecular weight excluding hydrogens is 273 g/mol. The first-order valence-corrected chi connectivity index (χ1v) is 6.41. The van der Waals surface area contributed by atoms with Crippen molar-refractivity contribution in [1.29, 1.82) is 0 Å². The molecule has 1 saturated heterocycles. The van der Waals surface area contributed by atoms with Crippen molar-refractivity contribution in [1.82, 2.24) is 0 Å². The van der Waals surface area contributed by atoms with Crippen LogP contribution in [0.3, 0.4) is 0 Å². The highest BCUT2D eigenvalue weighted by atomic mass is 19.3. The van der Waals surface area contributed by atoms with E-state index < -0.39 is 18.2 Å². The molecule has 20 heavy (non-hydrogen) atoms. The standard InChI is InChI=1S/C13H17F3N2O2/c14-9-5-10(17)11(6-12(9)20-13(15)16)18-3-1-8(7-19)2-4-18/h5-6,8,13,19H,1-4,7,17H2. The molecule has 1 aromatic rings. The van der Waals surface area contributed by atoms with Crippen LogP contribution in [0.2, 0.25) is 0 Å². The average molecular weight is 290 g/mol. The highest BCUT2D eigenvalue weighted by molar-refractivity contribution is 5.70. The second-order valence-corrected chi connectivity index (χ2v) is 4.83. The van der Waals surface area contributed by atoms with Crippen molar-refractivity contribution in [2.75, 3.05) is 30.3 Å². The number of halogens is 3. The molecule has 0 saturated carbocycles. The molecule has 0 aliphatic carbocycles. The van der Waals surface area contributed by atoms with E-state index >= 15 is 0 Å². The Balaban J connectivity index is 2.19. The largest absolute Gasteiger partial charge is 0.432 e. The van der Waals surface area contributed by atoms with E-state index in [4.69, 9.17) is 10.8 Å². The minimum Gasteiger partial charge on any atom is -0.432 e. The molecule has 0 bridgehead atoms. The number of ether oxygens (including phenoxy) is 1. The number of nitrogen functional groups attached to an aromatic ring is 1. The minimum absolute atomic E-state index is 0.131. The van der Waals surface area contributed by atoms with E-state index in [2.05, 4.69) is 4.74 Å². The van der Waals surface area contributed by atoms with Crippen LogP contribution in [0.4, 0.5) is 24.5 Å². The Hall–Kier alpha value is -1.63. The van der Waals surface area contributed by atoms with Crippen LogP contribution in [0.1, 0.15) is 12.8 Å².